The van der Waals surface area contributed by atoms with Crippen molar-refractivity contribution in [1.82, 2.24) is 10.2 Å². The van der Waals surface area contributed by atoms with Crippen LogP contribution in [0.15, 0.2) is 24.3 Å². The summed E-state index contributed by atoms with van der Waals surface area (Å²) in [6, 6.07) is 7.16. The molecule has 1 N–H and O–H groups in total. The van der Waals surface area contributed by atoms with Crippen molar-refractivity contribution in [3.8, 4) is 5.75 Å². The Bertz CT molecular complexity index is 502. The highest BCUT2D eigenvalue weighted by molar-refractivity contribution is 6.30. The summed E-state index contributed by atoms with van der Waals surface area (Å²) in [5, 5.41) is 3.63. The molecule has 1 unspecified atom stereocenters. The molecule has 0 radical (unpaired) electrons. The molecule has 0 saturated carbocycles. The van der Waals surface area contributed by atoms with Crippen LogP contribution >= 0.6 is 11.6 Å². The van der Waals surface area contributed by atoms with Gasteiger partial charge in [0.25, 0.3) is 5.91 Å². The second kappa shape index (κ2) is 9.14. The summed E-state index contributed by atoms with van der Waals surface area (Å²) in [7, 11) is 2.16. The van der Waals surface area contributed by atoms with Gasteiger partial charge in [-0.1, -0.05) is 24.6 Å². The van der Waals surface area contributed by atoms with Gasteiger partial charge in [0.2, 0.25) is 0 Å². The van der Waals surface area contributed by atoms with Gasteiger partial charge < -0.3 is 15.0 Å². The Morgan fingerprint density at radius 3 is 2.83 bits per heavy atom. The molecule has 1 heterocycles. The van der Waals surface area contributed by atoms with Gasteiger partial charge in [-0.15, -0.1) is 0 Å². The number of benzene rings is 1. The Morgan fingerprint density at radius 2 is 2.17 bits per heavy atom. The Kier molecular flexibility index (Phi) is 7.18. The van der Waals surface area contributed by atoms with Crippen molar-refractivity contribution < 1.29 is 9.53 Å². The summed E-state index contributed by atoms with van der Waals surface area (Å²) in [4.78, 5) is 14.6. The second-order valence-electron chi connectivity index (χ2n) is 6.30. The molecule has 4 nitrogen and oxygen atoms in total. The monoisotopic (exact) mass is 338 g/mol. The van der Waals surface area contributed by atoms with Crippen molar-refractivity contribution in [2.24, 2.45) is 5.92 Å². The zero-order valence-electron chi connectivity index (χ0n) is 14.1. The number of carbonyl (C=O) groups excluding carboxylic acids is 1. The van der Waals surface area contributed by atoms with Crippen LogP contribution in [-0.2, 0) is 4.79 Å². The Hall–Kier alpha value is -1.26. The molecule has 0 aliphatic carbocycles. The molecule has 0 spiro atoms. The van der Waals surface area contributed by atoms with Crippen LogP contribution in [0.5, 0.6) is 5.75 Å². The lowest BCUT2D eigenvalue weighted by atomic mass is 9.94. The van der Waals surface area contributed by atoms with E-state index in [4.69, 9.17) is 16.3 Å². The number of hydrogen-bond acceptors (Lipinski definition) is 3. The van der Waals surface area contributed by atoms with E-state index in [2.05, 4.69) is 17.3 Å². The first-order valence-electron chi connectivity index (χ1n) is 8.47. The number of nitrogens with zero attached hydrogens (tertiary/aromatic N) is 1. The van der Waals surface area contributed by atoms with Crippen molar-refractivity contribution >= 4 is 17.5 Å². The van der Waals surface area contributed by atoms with Crippen LogP contribution in [0, 0.1) is 5.92 Å². The molecule has 0 aromatic heterocycles. The van der Waals surface area contributed by atoms with Gasteiger partial charge >= 0.3 is 0 Å². The molecule has 1 saturated heterocycles. The summed E-state index contributed by atoms with van der Waals surface area (Å²) in [6.45, 7) is 5.00. The van der Waals surface area contributed by atoms with E-state index in [0.717, 1.165) is 32.0 Å². The van der Waals surface area contributed by atoms with Crippen molar-refractivity contribution in [3.05, 3.63) is 29.3 Å². The minimum absolute atomic E-state index is 0.0413. The molecule has 5 heteroatoms. The molecule has 2 rings (SSSR count). The zero-order chi connectivity index (χ0) is 16.7. The molecule has 1 aliphatic heterocycles. The maximum atomic E-state index is 12.3. The highest BCUT2D eigenvalue weighted by Crippen LogP contribution is 2.20. The van der Waals surface area contributed by atoms with Crippen molar-refractivity contribution in [1.29, 1.82) is 0 Å². The Morgan fingerprint density at radius 1 is 1.43 bits per heavy atom. The van der Waals surface area contributed by atoms with E-state index in [1.165, 1.54) is 12.8 Å². The van der Waals surface area contributed by atoms with Gasteiger partial charge in [0, 0.05) is 11.6 Å². The highest BCUT2D eigenvalue weighted by Gasteiger charge is 2.20. The Labute approximate surface area is 144 Å². The lowest BCUT2D eigenvalue weighted by Gasteiger charge is -2.29. The van der Waals surface area contributed by atoms with Crippen molar-refractivity contribution in [2.75, 3.05) is 26.7 Å². The van der Waals surface area contributed by atoms with Crippen LogP contribution in [0.2, 0.25) is 5.02 Å². The molecular weight excluding hydrogens is 312 g/mol. The number of rotatable bonds is 7. The minimum Gasteiger partial charge on any atom is -0.481 e. The van der Waals surface area contributed by atoms with Crippen LogP contribution in [-0.4, -0.2) is 43.6 Å². The third-order valence-corrected chi connectivity index (χ3v) is 4.66. The quantitative estimate of drug-likeness (QED) is 0.829. The molecular formula is C18H27ClN2O2. The van der Waals surface area contributed by atoms with E-state index < -0.39 is 6.10 Å². The van der Waals surface area contributed by atoms with E-state index in [0.29, 0.717) is 17.2 Å². The van der Waals surface area contributed by atoms with Gasteiger partial charge in [-0.05, 0) is 69.9 Å². The maximum Gasteiger partial charge on any atom is 0.261 e. The number of nitrogens with one attached hydrogen (secondary N) is 1. The van der Waals surface area contributed by atoms with Crippen LogP contribution in [0.4, 0.5) is 0 Å². The molecule has 1 amide bonds. The number of likely N-dealkylation sites (tertiary alicyclic amines) is 1. The predicted octanol–water partition coefficient (Wildman–Crippen LogP) is 3.35. The van der Waals surface area contributed by atoms with Gasteiger partial charge in [-0.2, -0.15) is 0 Å². The molecule has 1 aromatic carbocycles. The molecule has 1 aliphatic rings. The first kappa shape index (κ1) is 18.1. The lowest BCUT2D eigenvalue weighted by molar-refractivity contribution is -0.128. The fraction of sp³-hybridized carbons (Fsp3) is 0.611. The summed E-state index contributed by atoms with van der Waals surface area (Å²) >= 11 is 5.95. The molecule has 1 aromatic rings. The van der Waals surface area contributed by atoms with Crippen molar-refractivity contribution in [2.45, 2.75) is 38.7 Å². The number of piperidine rings is 1. The molecule has 0 bridgehead atoms. The minimum atomic E-state index is -0.467. The van der Waals surface area contributed by atoms with Crippen LogP contribution < -0.4 is 10.1 Å². The van der Waals surface area contributed by atoms with E-state index in [1.54, 1.807) is 12.1 Å². The molecule has 1 atom stereocenters. The van der Waals surface area contributed by atoms with Gasteiger partial charge in [-0.25, -0.2) is 0 Å². The third kappa shape index (κ3) is 6.04. The first-order chi connectivity index (χ1) is 11.1. The number of carbonyl (C=O) groups is 1. The zero-order valence-corrected chi connectivity index (χ0v) is 14.8. The first-order valence-corrected chi connectivity index (χ1v) is 8.84. The van der Waals surface area contributed by atoms with Gasteiger partial charge in [-0.3, -0.25) is 4.79 Å². The van der Waals surface area contributed by atoms with Crippen LogP contribution in [0.3, 0.4) is 0 Å². The van der Waals surface area contributed by atoms with Gasteiger partial charge in [0.05, 0.1) is 0 Å². The topological polar surface area (TPSA) is 41.6 Å². The summed E-state index contributed by atoms with van der Waals surface area (Å²) in [5.74, 6) is 1.32. The fourth-order valence-electron chi connectivity index (χ4n) is 2.89. The average Bonchev–Trinajstić information content (AvgIpc) is 2.54. The number of halogens is 1. The predicted molar refractivity (Wildman–Crippen MR) is 94.0 cm³/mol. The third-order valence-electron chi connectivity index (χ3n) is 4.43. The molecule has 1 fully saturated rings. The second-order valence-corrected chi connectivity index (χ2v) is 6.73. The Balaban J connectivity index is 1.74. The molecule has 128 valence electrons. The van der Waals surface area contributed by atoms with E-state index in [-0.39, 0.29) is 5.91 Å². The van der Waals surface area contributed by atoms with Gasteiger partial charge in [0.1, 0.15) is 5.75 Å². The van der Waals surface area contributed by atoms with Crippen LogP contribution in [0.1, 0.15) is 32.6 Å². The fourth-order valence-corrected chi connectivity index (χ4v) is 3.07. The maximum absolute atomic E-state index is 12.3. The van der Waals surface area contributed by atoms with E-state index in [1.807, 2.05) is 19.1 Å². The largest absolute Gasteiger partial charge is 0.481 e. The number of amides is 1. The van der Waals surface area contributed by atoms with Crippen LogP contribution in [0.25, 0.3) is 0 Å². The molecule has 23 heavy (non-hydrogen) atoms. The normalized spacial score (nSPS) is 17.7. The van der Waals surface area contributed by atoms with E-state index in [9.17, 15) is 4.79 Å². The lowest BCUT2D eigenvalue weighted by Crippen LogP contribution is -2.39. The number of hydrogen-bond donors (Lipinski definition) is 1. The van der Waals surface area contributed by atoms with Gasteiger partial charge in [0.15, 0.2) is 6.10 Å². The highest BCUT2D eigenvalue weighted by atomic mass is 35.5. The summed E-state index contributed by atoms with van der Waals surface area (Å²) < 4.78 is 5.76. The SMILES string of the molecule is CCC(Oc1cccc(Cl)c1)C(=O)NCCC1CCN(C)CC1. The number of ether oxygens (including phenoxy) is 1. The van der Waals surface area contributed by atoms with E-state index >= 15 is 0 Å². The van der Waals surface area contributed by atoms with Crippen molar-refractivity contribution in [3.63, 3.8) is 0 Å². The average molecular weight is 339 g/mol. The summed E-state index contributed by atoms with van der Waals surface area (Å²) in [6.07, 6.45) is 3.66. The summed E-state index contributed by atoms with van der Waals surface area (Å²) in [5.41, 5.74) is 0. The standard InChI is InChI=1S/C18H27ClN2O2/c1-3-17(23-16-6-4-5-15(19)13-16)18(22)20-10-7-14-8-11-21(2)12-9-14/h4-6,13-14,17H,3,7-12H2,1-2H3,(H,20,22). The smallest absolute Gasteiger partial charge is 0.261 e.